The Labute approximate surface area is 511 Å². The van der Waals surface area contributed by atoms with E-state index < -0.39 is 6.10 Å². The Kier molecular flexibility index (Phi) is 68.6. The van der Waals surface area contributed by atoms with E-state index in [9.17, 15) is 14.4 Å². The monoisotopic (exact) mass is 1150 g/mol. The highest BCUT2D eigenvalue weighted by molar-refractivity contribution is 5.71. The van der Waals surface area contributed by atoms with E-state index in [1.54, 1.807) is 0 Å². The first-order chi connectivity index (χ1) is 40.5. The third kappa shape index (κ3) is 68.2. The average Bonchev–Trinajstić information content (AvgIpc) is 3.48. The second kappa shape index (κ2) is 70.9. The summed E-state index contributed by atoms with van der Waals surface area (Å²) in [5.41, 5.74) is 0. The van der Waals surface area contributed by atoms with Crippen LogP contribution in [0.25, 0.3) is 0 Å². The second-order valence-corrected chi connectivity index (χ2v) is 24.8. The first-order valence-corrected chi connectivity index (χ1v) is 36.6. The van der Waals surface area contributed by atoms with Gasteiger partial charge in [0.05, 0.1) is 0 Å². The smallest absolute Gasteiger partial charge is 0.306 e. The van der Waals surface area contributed by atoms with Gasteiger partial charge in [-0.2, -0.15) is 0 Å². The largest absolute Gasteiger partial charge is 0.462 e. The lowest BCUT2D eigenvalue weighted by molar-refractivity contribution is -0.167. The number of hydrogen-bond acceptors (Lipinski definition) is 6. The Morgan fingerprint density at radius 3 is 0.756 bits per heavy atom. The van der Waals surface area contributed by atoms with Gasteiger partial charge in [0.25, 0.3) is 0 Å². The molecule has 0 aromatic heterocycles. The molecule has 480 valence electrons. The lowest BCUT2D eigenvalue weighted by Crippen LogP contribution is -2.30. The standard InChI is InChI=1S/C76H140O6/c1-4-7-10-13-16-19-22-25-28-30-31-32-33-34-35-36-37-38-39-40-41-42-43-44-46-48-51-54-57-60-63-66-69-75(78)81-72-73(71-80-74(77)68-65-62-59-56-53-50-47-27-24-21-18-15-12-9-6-3)82-76(79)70-67-64-61-58-55-52-49-45-29-26-23-20-17-14-11-8-5-2/h9,12,18,21,26-27,29,47,73H,4-8,10-11,13-17,19-20,22-25,28,30-46,48-72H2,1-3H3/b12-9-,21-18-,29-26-,47-27-. The van der Waals surface area contributed by atoms with Crippen LogP contribution in [-0.2, 0) is 28.6 Å². The molecule has 0 aromatic rings. The van der Waals surface area contributed by atoms with E-state index in [2.05, 4.69) is 69.4 Å². The van der Waals surface area contributed by atoms with Crippen molar-refractivity contribution in [1.29, 1.82) is 0 Å². The van der Waals surface area contributed by atoms with Crippen molar-refractivity contribution >= 4 is 17.9 Å². The molecule has 0 heterocycles. The van der Waals surface area contributed by atoms with Crippen LogP contribution in [0.5, 0.6) is 0 Å². The van der Waals surface area contributed by atoms with Gasteiger partial charge in [0.1, 0.15) is 13.2 Å². The molecule has 1 atom stereocenters. The molecule has 0 spiro atoms. The third-order valence-electron chi connectivity index (χ3n) is 16.6. The van der Waals surface area contributed by atoms with Gasteiger partial charge in [-0.25, -0.2) is 0 Å². The number of rotatable bonds is 68. The van der Waals surface area contributed by atoms with Gasteiger partial charge in [0.15, 0.2) is 6.10 Å². The lowest BCUT2D eigenvalue weighted by Gasteiger charge is -2.18. The second-order valence-electron chi connectivity index (χ2n) is 24.8. The molecular weight excluding hydrogens is 1010 g/mol. The van der Waals surface area contributed by atoms with E-state index >= 15 is 0 Å². The number of hydrogen-bond donors (Lipinski definition) is 0. The summed E-state index contributed by atoms with van der Waals surface area (Å²) >= 11 is 0. The summed E-state index contributed by atoms with van der Waals surface area (Å²) < 4.78 is 17.0. The summed E-state index contributed by atoms with van der Waals surface area (Å²) in [6.45, 7) is 6.58. The minimum Gasteiger partial charge on any atom is -0.462 e. The Morgan fingerprint density at radius 2 is 0.476 bits per heavy atom. The first kappa shape index (κ1) is 79.4. The van der Waals surface area contributed by atoms with Crippen molar-refractivity contribution in [2.45, 2.75) is 406 Å². The molecule has 82 heavy (non-hydrogen) atoms. The van der Waals surface area contributed by atoms with Crippen LogP contribution < -0.4 is 0 Å². The normalized spacial score (nSPS) is 12.3. The highest BCUT2D eigenvalue weighted by atomic mass is 16.6. The van der Waals surface area contributed by atoms with E-state index in [4.69, 9.17) is 14.2 Å². The topological polar surface area (TPSA) is 78.9 Å². The van der Waals surface area contributed by atoms with Gasteiger partial charge in [0, 0.05) is 19.3 Å². The molecule has 0 fully saturated rings. The zero-order valence-electron chi connectivity index (χ0n) is 55.3. The van der Waals surface area contributed by atoms with Crippen LogP contribution in [0.3, 0.4) is 0 Å². The molecule has 0 bridgehead atoms. The van der Waals surface area contributed by atoms with Crippen molar-refractivity contribution in [3.05, 3.63) is 48.6 Å². The Morgan fingerprint density at radius 1 is 0.256 bits per heavy atom. The molecule has 6 nitrogen and oxygen atoms in total. The van der Waals surface area contributed by atoms with Crippen molar-refractivity contribution in [3.63, 3.8) is 0 Å². The summed E-state index contributed by atoms with van der Waals surface area (Å²) in [6.07, 6.45) is 90.2. The maximum absolute atomic E-state index is 12.9. The molecule has 1 unspecified atom stereocenters. The molecular formula is C76H140O6. The molecule has 0 saturated carbocycles. The molecule has 6 heteroatoms. The summed E-state index contributed by atoms with van der Waals surface area (Å²) in [6, 6.07) is 0. The van der Waals surface area contributed by atoms with E-state index in [-0.39, 0.29) is 31.1 Å². The van der Waals surface area contributed by atoms with E-state index in [0.29, 0.717) is 19.3 Å². The predicted molar refractivity (Wildman–Crippen MR) is 358 cm³/mol. The minimum absolute atomic E-state index is 0.0766. The predicted octanol–water partition coefficient (Wildman–Crippen LogP) is 25.3. The fourth-order valence-electron chi connectivity index (χ4n) is 11.1. The SMILES string of the molecule is CC/C=C\C/C=C\C/C=C\CCCCCCCC(=O)OCC(COC(=O)CCCCCCCCCCCCCCCCCCCCCCCCCCCCCCCCCC)OC(=O)CCCCCCCCC/C=C\CCCCCCCC. The minimum atomic E-state index is -0.783. The summed E-state index contributed by atoms with van der Waals surface area (Å²) in [7, 11) is 0. The number of carbonyl (C=O) groups excluding carboxylic acids is 3. The van der Waals surface area contributed by atoms with E-state index in [1.807, 2.05) is 0 Å². The van der Waals surface area contributed by atoms with Crippen molar-refractivity contribution < 1.29 is 28.6 Å². The first-order valence-electron chi connectivity index (χ1n) is 36.6. The lowest BCUT2D eigenvalue weighted by atomic mass is 10.0. The molecule has 0 rings (SSSR count). The summed E-state index contributed by atoms with van der Waals surface area (Å²) in [5, 5.41) is 0. The van der Waals surface area contributed by atoms with Crippen LogP contribution in [0.1, 0.15) is 400 Å². The molecule has 0 saturated heterocycles. The fraction of sp³-hybridized carbons (Fsp3) is 0.855. The van der Waals surface area contributed by atoms with Crippen molar-refractivity contribution in [3.8, 4) is 0 Å². The van der Waals surface area contributed by atoms with Crippen LogP contribution in [0.2, 0.25) is 0 Å². The molecule has 0 aliphatic rings. The van der Waals surface area contributed by atoms with Gasteiger partial charge in [-0.1, -0.05) is 352 Å². The summed E-state index contributed by atoms with van der Waals surface area (Å²) in [4.78, 5) is 38.4. The highest BCUT2D eigenvalue weighted by Crippen LogP contribution is 2.19. The van der Waals surface area contributed by atoms with Crippen LogP contribution in [0.15, 0.2) is 48.6 Å². The number of carbonyl (C=O) groups is 3. The Hall–Kier alpha value is -2.63. The average molecular weight is 1150 g/mol. The fourth-order valence-corrected chi connectivity index (χ4v) is 11.1. The van der Waals surface area contributed by atoms with Crippen LogP contribution >= 0.6 is 0 Å². The zero-order chi connectivity index (χ0) is 59.2. The number of allylic oxidation sites excluding steroid dienone is 8. The van der Waals surface area contributed by atoms with Crippen LogP contribution in [-0.4, -0.2) is 37.2 Å². The van der Waals surface area contributed by atoms with Gasteiger partial charge >= 0.3 is 17.9 Å². The molecule has 0 aliphatic carbocycles. The van der Waals surface area contributed by atoms with Crippen molar-refractivity contribution in [2.75, 3.05) is 13.2 Å². The highest BCUT2D eigenvalue weighted by Gasteiger charge is 2.19. The zero-order valence-corrected chi connectivity index (χ0v) is 55.3. The quantitative estimate of drug-likeness (QED) is 0.0261. The Bertz CT molecular complexity index is 1410. The van der Waals surface area contributed by atoms with Crippen molar-refractivity contribution in [2.24, 2.45) is 0 Å². The third-order valence-corrected chi connectivity index (χ3v) is 16.6. The molecule has 0 N–H and O–H groups in total. The van der Waals surface area contributed by atoms with E-state index in [1.165, 1.54) is 263 Å². The number of unbranched alkanes of at least 4 members (excludes halogenated alkanes) is 49. The molecule has 0 amide bonds. The molecule has 0 aliphatic heterocycles. The summed E-state index contributed by atoms with van der Waals surface area (Å²) in [5.74, 6) is -0.874. The molecule has 0 radical (unpaired) electrons. The van der Waals surface area contributed by atoms with Crippen LogP contribution in [0.4, 0.5) is 0 Å². The molecule has 0 aromatic carbocycles. The van der Waals surface area contributed by atoms with Gasteiger partial charge in [-0.3, -0.25) is 14.4 Å². The number of esters is 3. The van der Waals surface area contributed by atoms with Gasteiger partial charge in [0.2, 0.25) is 0 Å². The maximum atomic E-state index is 12.9. The van der Waals surface area contributed by atoms with Gasteiger partial charge in [-0.15, -0.1) is 0 Å². The Balaban J connectivity index is 4.15. The van der Waals surface area contributed by atoms with Gasteiger partial charge in [-0.05, 0) is 77.0 Å². The van der Waals surface area contributed by atoms with Gasteiger partial charge < -0.3 is 14.2 Å². The van der Waals surface area contributed by atoms with Crippen LogP contribution in [0, 0.1) is 0 Å². The van der Waals surface area contributed by atoms with E-state index in [0.717, 1.165) is 96.3 Å². The van der Waals surface area contributed by atoms with Crippen molar-refractivity contribution in [1.82, 2.24) is 0 Å². The maximum Gasteiger partial charge on any atom is 0.306 e. The number of ether oxygens (including phenoxy) is 3.